The quantitative estimate of drug-likeness (QED) is 0.259. The fourth-order valence-corrected chi connectivity index (χ4v) is 6.09. The van der Waals surface area contributed by atoms with Crippen LogP contribution >= 0.6 is 0 Å². The van der Waals surface area contributed by atoms with E-state index in [-0.39, 0.29) is 16.7 Å². The van der Waals surface area contributed by atoms with Crippen molar-refractivity contribution in [3.8, 4) is 11.1 Å². The molecule has 3 aliphatic rings. The highest BCUT2D eigenvalue weighted by Crippen LogP contribution is 2.50. The van der Waals surface area contributed by atoms with Gasteiger partial charge in [-0.1, -0.05) is 51.1 Å². The number of imide groups is 2. The van der Waals surface area contributed by atoms with Crippen molar-refractivity contribution in [1.29, 1.82) is 0 Å². The molecular formula is C33H30F6N2O4. The summed E-state index contributed by atoms with van der Waals surface area (Å²) in [5, 5.41) is 0. The number of carbonyl (C=O) groups is 4. The molecule has 4 amide bonds. The van der Waals surface area contributed by atoms with Gasteiger partial charge in [0.15, 0.2) is 0 Å². The van der Waals surface area contributed by atoms with Crippen molar-refractivity contribution in [3.63, 3.8) is 0 Å². The number of alkyl halides is 6. The van der Waals surface area contributed by atoms with Crippen molar-refractivity contribution in [2.75, 3.05) is 4.90 Å². The van der Waals surface area contributed by atoms with Gasteiger partial charge in [-0.25, -0.2) is 4.90 Å². The van der Waals surface area contributed by atoms with E-state index in [1.807, 2.05) is 0 Å². The topological polar surface area (TPSA) is 74.8 Å². The highest BCUT2D eigenvalue weighted by atomic mass is 19.4. The number of hydrogen-bond donors (Lipinski definition) is 0. The molecule has 2 aliphatic heterocycles. The molecule has 5 rings (SSSR count). The smallest absolute Gasteiger partial charge is 0.276 e. The van der Waals surface area contributed by atoms with Crippen molar-refractivity contribution >= 4 is 29.3 Å². The fraction of sp³-hybridized carbons (Fsp3) is 0.394. The number of halogens is 6. The maximum absolute atomic E-state index is 14.4. The van der Waals surface area contributed by atoms with E-state index in [0.29, 0.717) is 11.0 Å². The minimum absolute atomic E-state index is 0.242. The van der Waals surface area contributed by atoms with Crippen LogP contribution in [0, 0.1) is 11.3 Å². The third-order valence-corrected chi connectivity index (χ3v) is 8.45. The van der Waals surface area contributed by atoms with Gasteiger partial charge in [-0.15, -0.1) is 0 Å². The lowest BCUT2D eigenvalue weighted by Gasteiger charge is -2.31. The third-order valence-electron chi connectivity index (χ3n) is 8.45. The van der Waals surface area contributed by atoms with Crippen LogP contribution in [0.1, 0.15) is 65.2 Å². The van der Waals surface area contributed by atoms with E-state index in [9.17, 15) is 45.5 Å². The van der Waals surface area contributed by atoms with Crippen LogP contribution in [0.4, 0.5) is 32.0 Å². The van der Waals surface area contributed by atoms with Crippen molar-refractivity contribution in [1.82, 2.24) is 4.90 Å². The number of fused-ring (bicyclic) bond motifs is 2. The van der Waals surface area contributed by atoms with E-state index in [0.717, 1.165) is 29.2 Å². The number of amides is 4. The van der Waals surface area contributed by atoms with Gasteiger partial charge in [0.05, 0.1) is 28.1 Å². The summed E-state index contributed by atoms with van der Waals surface area (Å²) < 4.78 is 85.8. The normalized spacial score (nSPS) is 22.6. The third kappa shape index (κ3) is 4.98. The molecule has 0 radical (unpaired) electrons. The Labute approximate surface area is 255 Å². The predicted molar refractivity (Wildman–Crippen MR) is 152 cm³/mol. The second-order valence-electron chi connectivity index (χ2n) is 13.7. The lowest BCUT2D eigenvalue weighted by atomic mass is 9.72. The first-order valence-corrected chi connectivity index (χ1v) is 14.0. The fourth-order valence-electron chi connectivity index (χ4n) is 6.09. The molecule has 238 valence electrons. The van der Waals surface area contributed by atoms with Gasteiger partial charge in [-0.05, 0) is 68.0 Å². The Hall–Kier alpha value is -4.22. The second-order valence-corrected chi connectivity index (χ2v) is 13.7. The molecule has 1 aliphatic carbocycles. The summed E-state index contributed by atoms with van der Waals surface area (Å²) in [6, 6.07) is 5.36. The number of anilines is 1. The van der Waals surface area contributed by atoms with Crippen LogP contribution in [-0.4, -0.2) is 34.1 Å². The molecule has 2 atom stereocenters. The summed E-state index contributed by atoms with van der Waals surface area (Å²) in [6.45, 7) is 11.4. The molecule has 0 saturated carbocycles. The van der Waals surface area contributed by atoms with Crippen molar-refractivity contribution in [3.05, 3.63) is 76.4 Å². The largest absolute Gasteiger partial charge is 0.417 e. The van der Waals surface area contributed by atoms with E-state index < -0.39 is 86.2 Å². The number of carbonyl (C=O) groups excluding carboxylic acids is 4. The van der Waals surface area contributed by atoms with E-state index in [4.69, 9.17) is 0 Å². The van der Waals surface area contributed by atoms with Gasteiger partial charge in [0.2, 0.25) is 11.8 Å². The van der Waals surface area contributed by atoms with Crippen LogP contribution in [0.25, 0.3) is 11.1 Å². The Morgan fingerprint density at radius 3 is 1.73 bits per heavy atom. The van der Waals surface area contributed by atoms with Gasteiger partial charge in [0.1, 0.15) is 0 Å². The summed E-state index contributed by atoms with van der Waals surface area (Å²) >= 11 is 0. The Morgan fingerprint density at radius 2 is 1.22 bits per heavy atom. The average Bonchev–Trinajstić information content (AvgIpc) is 3.25. The molecule has 2 saturated heterocycles. The van der Waals surface area contributed by atoms with E-state index >= 15 is 0 Å². The first-order chi connectivity index (χ1) is 20.4. The summed E-state index contributed by atoms with van der Waals surface area (Å²) in [5.41, 5.74) is -8.12. The first kappa shape index (κ1) is 32.2. The summed E-state index contributed by atoms with van der Waals surface area (Å²) in [5.74, 6) is -4.34. The number of likely N-dealkylation sites (tertiary alicyclic amines) is 1. The minimum atomic E-state index is -5.17. The molecule has 45 heavy (non-hydrogen) atoms. The van der Waals surface area contributed by atoms with Gasteiger partial charge < -0.3 is 0 Å². The standard InChI is InChI=1S/C33H30F6N2O4/c1-29(2,3)16-8-10-18(22(12-16)32(34,35)36)19-11-9-17(13-23(19)33(37,38)39)40-25(42)20-14-24-27(44)41(30(4,5)6)28(45)31(24,7)15-21(20)26(40)43/h8-15,24H,1-7H3. The van der Waals surface area contributed by atoms with E-state index in [1.165, 1.54) is 25.1 Å². The summed E-state index contributed by atoms with van der Waals surface area (Å²) in [4.78, 5) is 55.2. The first-order valence-electron chi connectivity index (χ1n) is 14.0. The molecular weight excluding hydrogens is 602 g/mol. The highest BCUT2D eigenvalue weighted by molar-refractivity contribution is 6.37. The lowest BCUT2D eigenvalue weighted by Crippen LogP contribution is -2.46. The predicted octanol–water partition coefficient (Wildman–Crippen LogP) is 7.22. The maximum Gasteiger partial charge on any atom is 0.417 e. The van der Waals surface area contributed by atoms with Crippen LogP contribution in [0.2, 0.25) is 0 Å². The molecule has 0 aromatic heterocycles. The summed E-state index contributed by atoms with van der Waals surface area (Å²) in [7, 11) is 0. The van der Waals surface area contributed by atoms with E-state index in [2.05, 4.69) is 0 Å². The number of benzene rings is 2. The number of rotatable bonds is 2. The average molecular weight is 633 g/mol. The number of nitrogens with zero attached hydrogens (tertiary/aromatic N) is 2. The van der Waals surface area contributed by atoms with Crippen molar-refractivity contribution < 1.29 is 45.5 Å². The van der Waals surface area contributed by atoms with E-state index in [1.54, 1.807) is 41.5 Å². The Balaban J connectivity index is 1.62. The maximum atomic E-state index is 14.4. The molecule has 6 nitrogen and oxygen atoms in total. The molecule has 2 unspecified atom stereocenters. The molecule has 12 heteroatoms. The van der Waals surface area contributed by atoms with Crippen LogP contribution < -0.4 is 4.90 Å². The second kappa shape index (κ2) is 9.64. The number of hydrogen-bond acceptors (Lipinski definition) is 4. The van der Waals surface area contributed by atoms with Gasteiger partial charge in [0, 0.05) is 16.7 Å². The van der Waals surface area contributed by atoms with Crippen LogP contribution in [0.5, 0.6) is 0 Å². The Morgan fingerprint density at radius 1 is 0.711 bits per heavy atom. The van der Waals surface area contributed by atoms with Crippen molar-refractivity contribution in [2.45, 2.75) is 71.8 Å². The molecule has 2 aromatic carbocycles. The van der Waals surface area contributed by atoms with Gasteiger partial charge in [-0.3, -0.25) is 24.1 Å². The van der Waals surface area contributed by atoms with Gasteiger partial charge >= 0.3 is 12.4 Å². The van der Waals surface area contributed by atoms with Crippen LogP contribution in [0.15, 0.2) is 59.7 Å². The minimum Gasteiger partial charge on any atom is -0.276 e. The molecule has 2 aromatic rings. The molecule has 0 N–H and O–H groups in total. The lowest BCUT2D eigenvalue weighted by molar-refractivity contribution is -0.146. The SMILES string of the molecule is CC(C)(C)c1ccc(-c2ccc(N3C(=O)C4=CC5C(=O)N(C(C)(C)C)C(=O)C5(C)C=C4C3=O)cc2C(F)(F)F)c(C(F)(F)F)c1. The van der Waals surface area contributed by atoms with Gasteiger partial charge in [-0.2, -0.15) is 26.3 Å². The van der Waals surface area contributed by atoms with Crippen LogP contribution in [0.3, 0.4) is 0 Å². The highest BCUT2D eigenvalue weighted by Gasteiger charge is 2.60. The Bertz CT molecular complexity index is 1750. The molecule has 2 fully saturated rings. The monoisotopic (exact) mass is 632 g/mol. The van der Waals surface area contributed by atoms with Crippen molar-refractivity contribution in [2.24, 2.45) is 11.3 Å². The summed E-state index contributed by atoms with van der Waals surface area (Å²) in [6.07, 6.45) is -7.75. The zero-order valence-corrected chi connectivity index (χ0v) is 25.5. The molecule has 2 heterocycles. The Kier molecular flexibility index (Phi) is 6.89. The molecule has 0 bridgehead atoms. The van der Waals surface area contributed by atoms with Crippen LogP contribution in [-0.2, 0) is 36.9 Å². The zero-order chi connectivity index (χ0) is 33.8. The zero-order valence-electron chi connectivity index (χ0n) is 25.5. The van der Waals surface area contributed by atoms with Gasteiger partial charge in [0.25, 0.3) is 11.8 Å². The molecule has 0 spiro atoms.